The lowest BCUT2D eigenvalue weighted by molar-refractivity contribution is -0.144. The Labute approximate surface area is 143 Å². The van der Waals surface area contributed by atoms with E-state index in [9.17, 15) is 14.0 Å². The number of Topliss-reactive ketones (excluding diaryl/α,β-unsaturated/α-hetero) is 1. The van der Waals surface area contributed by atoms with Crippen molar-refractivity contribution >= 4 is 11.8 Å². The van der Waals surface area contributed by atoms with E-state index in [0.717, 1.165) is 6.07 Å². The van der Waals surface area contributed by atoms with Crippen molar-refractivity contribution in [3.8, 4) is 17.2 Å². The molecule has 3 rings (SSSR count). The monoisotopic (exact) mass is 346 g/mol. The van der Waals surface area contributed by atoms with Crippen molar-refractivity contribution in [2.24, 2.45) is 0 Å². The number of ether oxygens (including phenoxy) is 4. The molecule has 1 heterocycles. The van der Waals surface area contributed by atoms with Crippen molar-refractivity contribution < 1.29 is 32.9 Å². The van der Waals surface area contributed by atoms with Crippen LogP contribution in [-0.4, -0.2) is 38.2 Å². The number of carbonyl (C=O) groups excluding carboxylic acids is 2. The first-order valence-corrected chi connectivity index (χ1v) is 7.58. The Bertz CT molecular complexity index is 789. The molecule has 130 valence electrons. The summed E-state index contributed by atoms with van der Waals surface area (Å²) in [5.41, 5.74) is 0.350. The van der Waals surface area contributed by atoms with Crippen LogP contribution in [0.1, 0.15) is 10.4 Å². The lowest BCUT2D eigenvalue weighted by Gasteiger charge is -2.18. The summed E-state index contributed by atoms with van der Waals surface area (Å²) in [5.74, 6) is -0.317. The van der Waals surface area contributed by atoms with Gasteiger partial charge in [-0.3, -0.25) is 4.79 Å². The number of hydrogen-bond acceptors (Lipinski definition) is 6. The first-order valence-electron chi connectivity index (χ1n) is 7.58. The molecule has 2 aromatic carbocycles. The van der Waals surface area contributed by atoms with Gasteiger partial charge in [0.15, 0.2) is 30.5 Å². The van der Waals surface area contributed by atoms with E-state index < -0.39 is 25.0 Å². The summed E-state index contributed by atoms with van der Waals surface area (Å²) in [6, 6.07) is 10.1. The Balaban J connectivity index is 1.49. The third kappa shape index (κ3) is 4.47. The average Bonchev–Trinajstić information content (AvgIpc) is 2.64. The van der Waals surface area contributed by atoms with Gasteiger partial charge in [0.1, 0.15) is 24.8 Å². The van der Waals surface area contributed by atoms with Gasteiger partial charge in [0.05, 0.1) is 0 Å². The number of benzene rings is 2. The molecular weight excluding hydrogens is 331 g/mol. The second-order valence-electron chi connectivity index (χ2n) is 5.19. The molecule has 0 radical (unpaired) electrons. The highest BCUT2D eigenvalue weighted by Gasteiger charge is 2.16. The largest absolute Gasteiger partial charge is 0.486 e. The number of fused-ring (bicyclic) bond motifs is 1. The Morgan fingerprint density at radius 3 is 2.60 bits per heavy atom. The first-order chi connectivity index (χ1) is 12.1. The third-order valence-electron chi connectivity index (χ3n) is 3.38. The van der Waals surface area contributed by atoms with Crippen LogP contribution in [0.25, 0.3) is 0 Å². The van der Waals surface area contributed by atoms with E-state index in [2.05, 4.69) is 0 Å². The predicted molar refractivity (Wildman–Crippen MR) is 84.6 cm³/mol. The Morgan fingerprint density at radius 2 is 1.80 bits per heavy atom. The zero-order chi connectivity index (χ0) is 17.6. The van der Waals surface area contributed by atoms with E-state index in [1.807, 2.05) is 0 Å². The third-order valence-corrected chi connectivity index (χ3v) is 3.38. The van der Waals surface area contributed by atoms with Crippen molar-refractivity contribution in [3.05, 3.63) is 53.8 Å². The van der Waals surface area contributed by atoms with Crippen LogP contribution >= 0.6 is 0 Å². The van der Waals surface area contributed by atoms with Gasteiger partial charge in [-0.15, -0.1) is 0 Å². The summed E-state index contributed by atoms with van der Waals surface area (Å²) in [7, 11) is 0. The highest BCUT2D eigenvalue weighted by atomic mass is 19.1. The standard InChI is InChI=1S/C18H15FO6/c19-13-2-1-3-14(9-13)24-11-18(21)25-10-15(20)12-4-5-16-17(8-12)23-7-6-22-16/h1-5,8-9H,6-7,10-11H2. The predicted octanol–water partition coefficient (Wildman–Crippen LogP) is 2.40. The van der Waals surface area contributed by atoms with Gasteiger partial charge >= 0.3 is 5.97 Å². The Morgan fingerprint density at radius 1 is 1.00 bits per heavy atom. The van der Waals surface area contributed by atoms with Crippen molar-refractivity contribution in [2.45, 2.75) is 0 Å². The molecule has 25 heavy (non-hydrogen) atoms. The van der Waals surface area contributed by atoms with Crippen molar-refractivity contribution in [1.82, 2.24) is 0 Å². The maximum absolute atomic E-state index is 13.0. The van der Waals surface area contributed by atoms with E-state index in [0.29, 0.717) is 30.3 Å². The van der Waals surface area contributed by atoms with Crippen LogP contribution < -0.4 is 14.2 Å². The highest BCUT2D eigenvalue weighted by molar-refractivity contribution is 5.98. The molecule has 0 fully saturated rings. The van der Waals surface area contributed by atoms with Crippen LogP contribution in [0.5, 0.6) is 17.2 Å². The van der Waals surface area contributed by atoms with E-state index in [1.165, 1.54) is 18.2 Å². The maximum atomic E-state index is 13.0. The van der Waals surface area contributed by atoms with Crippen LogP contribution in [-0.2, 0) is 9.53 Å². The van der Waals surface area contributed by atoms with Gasteiger partial charge < -0.3 is 18.9 Å². The molecule has 0 aliphatic carbocycles. The molecular formula is C18H15FO6. The summed E-state index contributed by atoms with van der Waals surface area (Å²) in [6.07, 6.45) is 0. The number of halogens is 1. The molecule has 7 heteroatoms. The number of ketones is 1. The lowest BCUT2D eigenvalue weighted by Crippen LogP contribution is -2.20. The lowest BCUT2D eigenvalue weighted by atomic mass is 10.1. The molecule has 0 aromatic heterocycles. The molecule has 0 atom stereocenters. The quantitative estimate of drug-likeness (QED) is 0.591. The number of esters is 1. The molecule has 0 N–H and O–H groups in total. The SMILES string of the molecule is O=C(COc1cccc(F)c1)OCC(=O)c1ccc2c(c1)OCCO2. The molecule has 0 spiro atoms. The molecule has 2 aromatic rings. The molecule has 0 unspecified atom stereocenters. The molecule has 0 saturated heterocycles. The van der Waals surface area contributed by atoms with Gasteiger partial charge in [0.25, 0.3) is 0 Å². The van der Waals surface area contributed by atoms with Gasteiger partial charge in [-0.05, 0) is 30.3 Å². The maximum Gasteiger partial charge on any atom is 0.344 e. The van der Waals surface area contributed by atoms with Crippen molar-refractivity contribution in [1.29, 1.82) is 0 Å². The first kappa shape index (κ1) is 16.8. The van der Waals surface area contributed by atoms with E-state index in [1.54, 1.807) is 18.2 Å². The van der Waals surface area contributed by atoms with Crippen LogP contribution in [0.3, 0.4) is 0 Å². The minimum Gasteiger partial charge on any atom is -0.486 e. The summed E-state index contributed by atoms with van der Waals surface area (Å²) in [5, 5.41) is 0. The second kappa shape index (κ2) is 7.65. The molecule has 0 bridgehead atoms. The fourth-order valence-corrected chi connectivity index (χ4v) is 2.19. The summed E-state index contributed by atoms with van der Waals surface area (Å²) in [4.78, 5) is 23.7. The van der Waals surface area contributed by atoms with E-state index >= 15 is 0 Å². The zero-order valence-corrected chi connectivity index (χ0v) is 13.2. The van der Waals surface area contributed by atoms with E-state index in [-0.39, 0.29) is 11.5 Å². The van der Waals surface area contributed by atoms with Crippen LogP contribution in [0.15, 0.2) is 42.5 Å². The molecule has 0 saturated carbocycles. The number of carbonyl (C=O) groups is 2. The van der Waals surface area contributed by atoms with E-state index in [4.69, 9.17) is 18.9 Å². The van der Waals surface area contributed by atoms with Gasteiger partial charge in [-0.1, -0.05) is 6.07 Å². The fraction of sp³-hybridized carbons (Fsp3) is 0.222. The zero-order valence-electron chi connectivity index (χ0n) is 13.2. The van der Waals surface area contributed by atoms with Crippen LogP contribution in [0.4, 0.5) is 4.39 Å². The summed E-state index contributed by atoms with van der Waals surface area (Å²) in [6.45, 7) is 0.0309. The summed E-state index contributed by atoms with van der Waals surface area (Å²) < 4.78 is 33.7. The van der Waals surface area contributed by atoms with Crippen molar-refractivity contribution in [2.75, 3.05) is 26.4 Å². The minimum atomic E-state index is -0.727. The molecule has 6 nitrogen and oxygen atoms in total. The normalized spacial score (nSPS) is 12.4. The van der Waals surface area contributed by atoms with Gasteiger partial charge in [-0.25, -0.2) is 9.18 Å². The molecule has 1 aliphatic heterocycles. The van der Waals surface area contributed by atoms with Gasteiger partial charge in [-0.2, -0.15) is 0 Å². The minimum absolute atomic E-state index is 0.204. The fourth-order valence-electron chi connectivity index (χ4n) is 2.19. The second-order valence-corrected chi connectivity index (χ2v) is 5.19. The van der Waals surface area contributed by atoms with Gasteiger partial charge in [0, 0.05) is 11.6 Å². The summed E-state index contributed by atoms with van der Waals surface area (Å²) >= 11 is 0. The smallest absolute Gasteiger partial charge is 0.344 e. The topological polar surface area (TPSA) is 71.1 Å². The number of hydrogen-bond donors (Lipinski definition) is 0. The van der Waals surface area contributed by atoms with Crippen molar-refractivity contribution in [3.63, 3.8) is 0 Å². The Kier molecular flexibility index (Phi) is 5.13. The average molecular weight is 346 g/mol. The molecule has 1 aliphatic rings. The van der Waals surface area contributed by atoms with Crippen LogP contribution in [0.2, 0.25) is 0 Å². The molecule has 0 amide bonds. The van der Waals surface area contributed by atoms with Crippen LogP contribution in [0, 0.1) is 5.82 Å². The van der Waals surface area contributed by atoms with Gasteiger partial charge in [0.2, 0.25) is 0 Å². The highest BCUT2D eigenvalue weighted by Crippen LogP contribution is 2.30. The number of rotatable bonds is 6. The Hall–Kier alpha value is -3.09.